The normalized spacial score (nSPS) is 10.2. The molecule has 100 valence electrons. The maximum absolute atomic E-state index is 13.9. The fourth-order valence-corrected chi connectivity index (χ4v) is 1.70. The second-order valence-electron chi connectivity index (χ2n) is 3.86. The summed E-state index contributed by atoms with van der Waals surface area (Å²) in [5.41, 5.74) is 5.95. The third-order valence-corrected chi connectivity index (χ3v) is 2.52. The van der Waals surface area contributed by atoms with Crippen LogP contribution in [0.4, 0.5) is 10.1 Å². The second kappa shape index (κ2) is 6.90. The Morgan fingerprint density at radius 3 is 2.72 bits per heavy atom. The summed E-state index contributed by atoms with van der Waals surface area (Å²) in [4.78, 5) is 16.8. The maximum Gasteiger partial charge on any atom is 0.269 e. The van der Waals surface area contributed by atoms with E-state index < -0.39 is 11.9 Å². The molecule has 5 nitrogen and oxygen atoms in total. The maximum atomic E-state index is 13.9. The number of nitrogens with one attached hydrogen (secondary N) is 1. The molecule has 0 atom stereocenters. The van der Waals surface area contributed by atoms with Crippen LogP contribution in [0.1, 0.15) is 23.8 Å². The minimum atomic E-state index is -0.641. The van der Waals surface area contributed by atoms with Crippen molar-refractivity contribution in [3.05, 3.63) is 23.8 Å². The molecule has 0 spiro atoms. The van der Waals surface area contributed by atoms with E-state index in [0.29, 0.717) is 25.3 Å². The van der Waals surface area contributed by atoms with Gasteiger partial charge in [-0.25, -0.2) is 4.98 Å². The second-order valence-corrected chi connectivity index (χ2v) is 3.86. The van der Waals surface area contributed by atoms with Crippen LogP contribution < -0.4 is 16.0 Å². The van der Waals surface area contributed by atoms with Crippen LogP contribution in [0, 0.1) is 5.95 Å². The topological polar surface area (TPSA) is 71.2 Å². The lowest BCUT2D eigenvalue weighted by Crippen LogP contribution is -2.31. The van der Waals surface area contributed by atoms with Gasteiger partial charge in [0.15, 0.2) is 0 Å². The molecule has 1 heterocycles. The first-order valence-corrected chi connectivity index (χ1v) is 5.97. The van der Waals surface area contributed by atoms with Crippen LogP contribution in [0.2, 0.25) is 0 Å². The summed E-state index contributed by atoms with van der Waals surface area (Å²) < 4.78 is 13.9. The molecule has 1 aromatic rings. The van der Waals surface area contributed by atoms with Gasteiger partial charge in [-0.1, -0.05) is 6.92 Å². The van der Waals surface area contributed by atoms with Crippen LogP contribution in [0.5, 0.6) is 0 Å². The van der Waals surface area contributed by atoms with E-state index in [1.165, 1.54) is 13.1 Å². The van der Waals surface area contributed by atoms with Crippen molar-refractivity contribution in [2.24, 2.45) is 5.73 Å². The van der Waals surface area contributed by atoms with Crippen LogP contribution in [0.25, 0.3) is 0 Å². The number of pyridine rings is 1. The smallest absolute Gasteiger partial charge is 0.269 e. The van der Waals surface area contributed by atoms with E-state index in [2.05, 4.69) is 10.3 Å². The number of carbonyl (C=O) groups excluding carboxylic acids is 1. The molecule has 6 heteroatoms. The SMILES string of the molecule is CCCN(CCN)c1ccc(C(=O)NC)nc1F. The van der Waals surface area contributed by atoms with Crippen LogP contribution in [-0.2, 0) is 0 Å². The van der Waals surface area contributed by atoms with Crippen molar-refractivity contribution in [2.45, 2.75) is 13.3 Å². The van der Waals surface area contributed by atoms with E-state index in [-0.39, 0.29) is 5.69 Å². The first-order valence-electron chi connectivity index (χ1n) is 5.97. The number of anilines is 1. The summed E-state index contributed by atoms with van der Waals surface area (Å²) >= 11 is 0. The molecule has 0 aliphatic heterocycles. The molecule has 0 aromatic carbocycles. The molecule has 1 amide bonds. The fraction of sp³-hybridized carbons (Fsp3) is 0.500. The number of hydrogen-bond donors (Lipinski definition) is 2. The van der Waals surface area contributed by atoms with Gasteiger partial charge in [0, 0.05) is 26.7 Å². The predicted octanol–water partition coefficient (Wildman–Crippen LogP) is 0.755. The molecule has 0 aliphatic rings. The van der Waals surface area contributed by atoms with Gasteiger partial charge in [-0.05, 0) is 18.6 Å². The molecule has 1 rings (SSSR count). The largest absolute Gasteiger partial charge is 0.367 e. The number of amides is 1. The Labute approximate surface area is 106 Å². The Hall–Kier alpha value is -1.69. The molecular formula is C12H19FN4O. The van der Waals surface area contributed by atoms with Gasteiger partial charge in [-0.3, -0.25) is 4.79 Å². The average molecular weight is 254 g/mol. The van der Waals surface area contributed by atoms with E-state index in [1.807, 2.05) is 11.8 Å². The first kappa shape index (κ1) is 14.4. The minimum absolute atomic E-state index is 0.0722. The molecule has 0 fully saturated rings. The first-order chi connectivity index (χ1) is 8.63. The lowest BCUT2D eigenvalue weighted by molar-refractivity contribution is 0.0957. The zero-order valence-electron chi connectivity index (χ0n) is 10.7. The fourth-order valence-electron chi connectivity index (χ4n) is 1.70. The molecule has 0 aliphatic carbocycles. The number of halogens is 1. The van der Waals surface area contributed by atoms with E-state index >= 15 is 0 Å². The molecule has 0 saturated carbocycles. The van der Waals surface area contributed by atoms with Gasteiger partial charge >= 0.3 is 0 Å². The highest BCUT2D eigenvalue weighted by Gasteiger charge is 2.14. The zero-order chi connectivity index (χ0) is 13.5. The van der Waals surface area contributed by atoms with Crippen LogP contribution in [0.3, 0.4) is 0 Å². The number of nitrogens with two attached hydrogens (primary N) is 1. The predicted molar refractivity (Wildman–Crippen MR) is 69.1 cm³/mol. The Morgan fingerprint density at radius 1 is 1.50 bits per heavy atom. The minimum Gasteiger partial charge on any atom is -0.367 e. The zero-order valence-corrected chi connectivity index (χ0v) is 10.7. The molecule has 0 bridgehead atoms. The van der Waals surface area contributed by atoms with Crippen molar-refractivity contribution in [3.63, 3.8) is 0 Å². The summed E-state index contributed by atoms with van der Waals surface area (Å²) in [5.74, 6) is -1.04. The van der Waals surface area contributed by atoms with Crippen molar-refractivity contribution >= 4 is 11.6 Å². The molecule has 3 N–H and O–H groups in total. The third kappa shape index (κ3) is 3.40. The van der Waals surface area contributed by atoms with Crippen molar-refractivity contribution in [2.75, 3.05) is 31.6 Å². The van der Waals surface area contributed by atoms with Crippen molar-refractivity contribution in [3.8, 4) is 0 Å². The van der Waals surface area contributed by atoms with Gasteiger partial charge in [-0.15, -0.1) is 0 Å². The number of carbonyl (C=O) groups is 1. The van der Waals surface area contributed by atoms with Gasteiger partial charge in [0.25, 0.3) is 5.91 Å². The quantitative estimate of drug-likeness (QED) is 0.735. The summed E-state index contributed by atoms with van der Waals surface area (Å²) in [6.07, 6.45) is 0.886. The monoisotopic (exact) mass is 254 g/mol. The van der Waals surface area contributed by atoms with Gasteiger partial charge in [0.05, 0.1) is 5.69 Å². The summed E-state index contributed by atoms with van der Waals surface area (Å²) in [5, 5.41) is 2.41. The Kier molecular flexibility index (Phi) is 5.51. The number of nitrogens with zero attached hydrogens (tertiary/aromatic N) is 2. The highest BCUT2D eigenvalue weighted by Crippen LogP contribution is 2.18. The lowest BCUT2D eigenvalue weighted by atomic mass is 10.2. The van der Waals surface area contributed by atoms with E-state index in [0.717, 1.165) is 6.42 Å². The van der Waals surface area contributed by atoms with Crippen LogP contribution in [0.15, 0.2) is 12.1 Å². The molecule has 0 unspecified atom stereocenters. The summed E-state index contributed by atoms with van der Waals surface area (Å²) in [6, 6.07) is 3.08. The van der Waals surface area contributed by atoms with Crippen molar-refractivity contribution in [1.82, 2.24) is 10.3 Å². The summed E-state index contributed by atoms with van der Waals surface area (Å²) in [6.45, 7) is 3.71. The van der Waals surface area contributed by atoms with Gasteiger partial charge < -0.3 is 16.0 Å². The van der Waals surface area contributed by atoms with Gasteiger partial charge in [0.1, 0.15) is 5.69 Å². The van der Waals surface area contributed by atoms with Gasteiger partial charge in [-0.2, -0.15) is 4.39 Å². The summed E-state index contributed by atoms with van der Waals surface area (Å²) in [7, 11) is 1.48. The number of rotatable bonds is 6. The number of hydrogen-bond acceptors (Lipinski definition) is 4. The van der Waals surface area contributed by atoms with Crippen molar-refractivity contribution < 1.29 is 9.18 Å². The molecular weight excluding hydrogens is 235 g/mol. The number of aromatic nitrogens is 1. The lowest BCUT2D eigenvalue weighted by Gasteiger charge is -2.23. The standard InChI is InChI=1S/C12H19FN4O/c1-3-7-17(8-6-14)10-5-4-9(12(18)15-2)16-11(10)13/h4-5H,3,6-8,14H2,1-2H3,(H,15,18). The third-order valence-electron chi connectivity index (χ3n) is 2.52. The Morgan fingerprint density at radius 2 is 2.22 bits per heavy atom. The van der Waals surface area contributed by atoms with E-state index in [9.17, 15) is 9.18 Å². The molecule has 0 radical (unpaired) electrons. The average Bonchev–Trinajstić information content (AvgIpc) is 2.37. The molecule has 18 heavy (non-hydrogen) atoms. The van der Waals surface area contributed by atoms with Crippen LogP contribution >= 0.6 is 0 Å². The van der Waals surface area contributed by atoms with E-state index in [4.69, 9.17) is 5.73 Å². The molecule has 1 aromatic heterocycles. The highest BCUT2D eigenvalue weighted by atomic mass is 19.1. The van der Waals surface area contributed by atoms with Gasteiger partial charge in [0.2, 0.25) is 5.95 Å². The van der Waals surface area contributed by atoms with E-state index in [1.54, 1.807) is 6.07 Å². The van der Waals surface area contributed by atoms with Crippen molar-refractivity contribution in [1.29, 1.82) is 0 Å². The highest BCUT2D eigenvalue weighted by molar-refractivity contribution is 5.92. The van der Waals surface area contributed by atoms with Crippen LogP contribution in [-0.4, -0.2) is 37.6 Å². The Balaban J connectivity index is 2.98. The molecule has 0 saturated heterocycles. The Bertz CT molecular complexity index is 405.